The van der Waals surface area contributed by atoms with Crippen molar-refractivity contribution in [1.82, 2.24) is 0 Å². The maximum absolute atomic E-state index is 11.9. The van der Waals surface area contributed by atoms with E-state index in [1.165, 1.54) is 215 Å². The number of unbranched alkanes of at least 4 members (excludes halogenated alkanes) is 20. The number of nitriles is 1. The second kappa shape index (κ2) is 29.8. The smallest absolute Gasteiger partial charge is 0.346 e. The number of carbonyl (C=O) groups is 1. The molecule has 0 aromatic carbocycles. The highest BCUT2D eigenvalue weighted by molar-refractivity contribution is 7.30. The van der Waals surface area contributed by atoms with Crippen LogP contribution in [0.3, 0.4) is 0 Å². The quantitative estimate of drug-likeness (QED) is 0.0254. The van der Waals surface area contributed by atoms with E-state index in [1.54, 1.807) is 17.4 Å². The number of hydrogen-bond acceptors (Lipinski definition) is 7. The molecule has 5 aromatic heterocycles. The molecule has 0 fully saturated rings. The summed E-state index contributed by atoms with van der Waals surface area (Å²) in [6.45, 7) is 9.15. The Morgan fingerprint density at radius 3 is 1.31 bits per heavy atom. The summed E-state index contributed by atoms with van der Waals surface area (Å²) < 4.78 is 0. The van der Waals surface area contributed by atoms with Crippen LogP contribution in [0.4, 0.5) is 0 Å². The van der Waals surface area contributed by atoms with E-state index >= 15 is 0 Å². The molecule has 0 spiro atoms. The Morgan fingerprint density at radius 2 is 0.875 bits per heavy atom. The number of carboxylic acid groups (broad SMARTS) is 1. The number of carboxylic acids is 1. The lowest BCUT2D eigenvalue weighted by Crippen LogP contribution is -1.96. The van der Waals surface area contributed by atoms with Crippen molar-refractivity contribution in [3.05, 3.63) is 74.5 Å². The Hall–Kier alpha value is -2.80. The van der Waals surface area contributed by atoms with E-state index in [0.29, 0.717) is 0 Å². The highest BCUT2D eigenvalue weighted by atomic mass is 32.1. The number of hydrogen-bond donors (Lipinski definition) is 1. The van der Waals surface area contributed by atoms with Crippen LogP contribution in [0, 0.1) is 11.3 Å². The molecule has 5 heterocycles. The molecule has 8 heteroatoms. The highest BCUT2D eigenvalue weighted by Gasteiger charge is 2.22. The zero-order valence-electron chi connectivity index (χ0n) is 39.8. The van der Waals surface area contributed by atoms with Gasteiger partial charge in [-0.1, -0.05) is 156 Å². The third-order valence-corrected chi connectivity index (χ3v) is 18.8. The van der Waals surface area contributed by atoms with Crippen molar-refractivity contribution < 1.29 is 9.90 Å². The van der Waals surface area contributed by atoms with Gasteiger partial charge in [0, 0.05) is 43.9 Å². The molecule has 5 aromatic rings. The van der Waals surface area contributed by atoms with E-state index in [1.807, 2.05) is 51.4 Å². The van der Waals surface area contributed by atoms with Gasteiger partial charge in [-0.15, -0.1) is 56.7 Å². The van der Waals surface area contributed by atoms with Crippen molar-refractivity contribution in [2.24, 2.45) is 0 Å². The molecule has 1 N–H and O–H groups in total. The molecular formula is C56H77NO2S5. The van der Waals surface area contributed by atoms with Crippen molar-refractivity contribution >= 4 is 68.7 Å². The molecule has 0 aliphatic rings. The Balaban J connectivity index is 1.48. The first-order valence-corrected chi connectivity index (χ1v) is 29.5. The van der Waals surface area contributed by atoms with Gasteiger partial charge in [0.15, 0.2) is 0 Å². The minimum atomic E-state index is -1.17. The highest BCUT2D eigenvalue weighted by Crippen LogP contribution is 2.49. The summed E-state index contributed by atoms with van der Waals surface area (Å²) in [7, 11) is 0. The van der Waals surface area contributed by atoms with E-state index < -0.39 is 5.97 Å². The number of nitrogens with zero attached hydrogens (tertiary/aromatic N) is 1. The number of aryl methyl sites for hydroxylation is 4. The van der Waals surface area contributed by atoms with Crippen LogP contribution in [0.1, 0.15) is 209 Å². The van der Waals surface area contributed by atoms with Gasteiger partial charge in [0.25, 0.3) is 0 Å². The Bertz CT molecular complexity index is 2160. The van der Waals surface area contributed by atoms with Crippen molar-refractivity contribution in [3.8, 4) is 45.1 Å². The summed E-state index contributed by atoms with van der Waals surface area (Å²) in [5, 5.41) is 21.7. The molecule has 3 nitrogen and oxygen atoms in total. The van der Waals surface area contributed by atoms with Crippen molar-refractivity contribution in [2.45, 2.75) is 207 Å². The molecule has 0 saturated heterocycles. The molecule has 0 radical (unpaired) electrons. The maximum atomic E-state index is 11.9. The van der Waals surface area contributed by atoms with Crippen molar-refractivity contribution in [2.75, 3.05) is 0 Å². The first-order chi connectivity index (χ1) is 31.4. The van der Waals surface area contributed by atoms with Crippen LogP contribution >= 0.6 is 56.7 Å². The van der Waals surface area contributed by atoms with Gasteiger partial charge in [-0.25, -0.2) is 4.79 Å². The molecule has 348 valence electrons. The van der Waals surface area contributed by atoms with Gasteiger partial charge in [0.05, 0.1) is 0 Å². The van der Waals surface area contributed by atoms with E-state index in [4.69, 9.17) is 0 Å². The van der Waals surface area contributed by atoms with Crippen LogP contribution in [0.25, 0.3) is 45.1 Å². The second-order valence-electron chi connectivity index (χ2n) is 17.9. The number of thiophene rings is 5. The van der Waals surface area contributed by atoms with Gasteiger partial charge < -0.3 is 5.11 Å². The monoisotopic (exact) mass is 955 g/mol. The summed E-state index contributed by atoms with van der Waals surface area (Å²) in [6, 6.07) is 16.3. The van der Waals surface area contributed by atoms with Crippen LogP contribution in [-0.4, -0.2) is 11.1 Å². The largest absolute Gasteiger partial charge is 0.477 e. The lowest BCUT2D eigenvalue weighted by molar-refractivity contribution is -0.132. The van der Waals surface area contributed by atoms with Gasteiger partial charge in [-0.05, 0) is 121 Å². The molecule has 0 amide bonds. The standard InChI is InChI=1S/C56H77NO2S5/c1-5-9-13-17-21-25-29-42-35-36-60-52(42)50-39-44(31-27-23-19-15-11-7-3)53(63-50)48-33-34-49(62-48)54-45(32-28-24-20-16-12-8-4)40-51(64-54)55-43(30-26-22-18-14-10-6-2)37-47(61-55)38-46(41-57)56(58)59/h33-40H,5-32H2,1-4H3,(H,58,59). The normalized spacial score (nSPS) is 11.8. The fraction of sp³-hybridized carbons (Fsp3) is 0.571. The number of aliphatic carboxylic acids is 1. The lowest BCUT2D eigenvalue weighted by atomic mass is 10.0. The van der Waals surface area contributed by atoms with Gasteiger partial charge >= 0.3 is 5.97 Å². The second-order valence-corrected chi connectivity index (χ2v) is 23.1. The van der Waals surface area contributed by atoms with Crippen molar-refractivity contribution in [1.29, 1.82) is 5.26 Å². The molecule has 0 atom stereocenters. The van der Waals surface area contributed by atoms with Crippen LogP contribution in [0.5, 0.6) is 0 Å². The minimum absolute atomic E-state index is 0.207. The van der Waals surface area contributed by atoms with E-state index in [9.17, 15) is 15.2 Å². The first-order valence-electron chi connectivity index (χ1n) is 25.3. The van der Waals surface area contributed by atoms with Crippen molar-refractivity contribution in [3.63, 3.8) is 0 Å². The Morgan fingerprint density at radius 1 is 0.484 bits per heavy atom. The predicted molar refractivity (Wildman–Crippen MR) is 287 cm³/mol. The molecule has 0 bridgehead atoms. The van der Waals surface area contributed by atoms with E-state index in [0.717, 1.165) is 30.6 Å². The maximum Gasteiger partial charge on any atom is 0.346 e. The van der Waals surface area contributed by atoms with Crippen LogP contribution in [0.15, 0.2) is 47.4 Å². The average Bonchev–Trinajstić information content (AvgIpc) is 4.15. The molecule has 64 heavy (non-hydrogen) atoms. The van der Waals surface area contributed by atoms with Gasteiger partial charge in [-0.3, -0.25) is 0 Å². The van der Waals surface area contributed by atoms with E-state index in [-0.39, 0.29) is 5.57 Å². The fourth-order valence-corrected chi connectivity index (χ4v) is 14.9. The topological polar surface area (TPSA) is 61.1 Å². The third kappa shape index (κ3) is 16.5. The van der Waals surface area contributed by atoms with Gasteiger partial charge in [0.2, 0.25) is 0 Å². The third-order valence-electron chi connectivity index (χ3n) is 12.5. The van der Waals surface area contributed by atoms with Crippen LogP contribution < -0.4 is 0 Å². The summed E-state index contributed by atoms with van der Waals surface area (Å²) in [5.74, 6) is -1.17. The summed E-state index contributed by atoms with van der Waals surface area (Å²) in [5.41, 5.74) is 5.59. The zero-order chi connectivity index (χ0) is 45.4. The first kappa shape index (κ1) is 52.2. The molecular weight excluding hydrogens is 879 g/mol. The number of rotatable bonds is 34. The zero-order valence-corrected chi connectivity index (χ0v) is 43.8. The lowest BCUT2D eigenvalue weighted by Gasteiger charge is -2.04. The molecule has 0 aliphatic carbocycles. The minimum Gasteiger partial charge on any atom is -0.477 e. The Kier molecular flexibility index (Phi) is 24.3. The van der Waals surface area contributed by atoms with Gasteiger partial charge in [0.1, 0.15) is 11.6 Å². The fourth-order valence-electron chi connectivity index (χ4n) is 8.78. The molecule has 0 saturated carbocycles. The average molecular weight is 957 g/mol. The molecule has 0 aliphatic heterocycles. The Labute approximate surface area is 408 Å². The van der Waals surface area contributed by atoms with E-state index in [2.05, 4.69) is 69.5 Å². The predicted octanol–water partition coefficient (Wildman–Crippen LogP) is 20.3. The molecule has 5 rings (SSSR count). The molecule has 0 unspecified atom stereocenters. The summed E-state index contributed by atoms with van der Waals surface area (Å²) >= 11 is 9.52. The SMILES string of the molecule is CCCCCCCCc1ccsc1-c1cc(CCCCCCCC)c(-c2ccc(-c3sc(-c4sc(C=C(C#N)C(=O)O)cc4CCCCCCCC)cc3CCCCCCCC)s2)s1. The van der Waals surface area contributed by atoms with Crippen LogP contribution in [0.2, 0.25) is 0 Å². The summed E-state index contributed by atoms with van der Waals surface area (Å²) in [4.78, 5) is 23.8. The van der Waals surface area contributed by atoms with Gasteiger partial charge in [-0.2, -0.15) is 5.26 Å². The van der Waals surface area contributed by atoms with Crippen LogP contribution in [-0.2, 0) is 30.5 Å². The summed E-state index contributed by atoms with van der Waals surface area (Å²) in [6.07, 6.45) is 36.8.